The van der Waals surface area contributed by atoms with Crippen LogP contribution in [0.1, 0.15) is 30.1 Å². The van der Waals surface area contributed by atoms with E-state index < -0.39 is 15.8 Å². The topological polar surface area (TPSA) is 57.7 Å². The lowest BCUT2D eigenvalue weighted by Crippen LogP contribution is -2.39. The first-order valence-corrected chi connectivity index (χ1v) is 10.4. The third kappa shape index (κ3) is 4.13. The fourth-order valence-corrected chi connectivity index (χ4v) is 4.54. The number of sulfonamides is 1. The van der Waals surface area contributed by atoms with E-state index in [0.717, 1.165) is 17.1 Å². The number of rotatable bonds is 4. The lowest BCUT2D eigenvalue weighted by Gasteiger charge is -2.31. The first kappa shape index (κ1) is 19.4. The number of nitrogens with zero attached hydrogens (tertiary/aromatic N) is 2. The molecule has 0 bridgehead atoms. The lowest BCUT2D eigenvalue weighted by atomic mass is 9.99. The molecule has 27 heavy (non-hydrogen) atoms. The summed E-state index contributed by atoms with van der Waals surface area (Å²) in [5, 5.41) is 0. The molecule has 2 aromatic rings. The van der Waals surface area contributed by atoms with Crippen molar-refractivity contribution in [3.05, 3.63) is 59.9 Å². The number of carbonyl (C=O) groups excluding carboxylic acids is 1. The summed E-state index contributed by atoms with van der Waals surface area (Å²) in [4.78, 5) is 14.6. The molecule has 1 amide bonds. The maximum Gasteiger partial charge on any atom is 0.264 e. The van der Waals surface area contributed by atoms with Crippen molar-refractivity contribution in [1.29, 1.82) is 0 Å². The Morgan fingerprint density at radius 3 is 2.56 bits per heavy atom. The van der Waals surface area contributed by atoms with Gasteiger partial charge in [-0.15, -0.1) is 0 Å². The maximum atomic E-state index is 13.1. The van der Waals surface area contributed by atoms with Crippen LogP contribution in [0, 0.1) is 11.7 Å². The second kappa shape index (κ2) is 7.68. The van der Waals surface area contributed by atoms with Gasteiger partial charge in [0.25, 0.3) is 15.9 Å². The van der Waals surface area contributed by atoms with Crippen LogP contribution in [0.15, 0.2) is 53.4 Å². The lowest BCUT2D eigenvalue weighted by molar-refractivity contribution is 0.0683. The van der Waals surface area contributed by atoms with Gasteiger partial charge in [0.1, 0.15) is 5.82 Å². The smallest absolute Gasteiger partial charge is 0.264 e. The summed E-state index contributed by atoms with van der Waals surface area (Å²) in [6.07, 6.45) is 2.05. The van der Waals surface area contributed by atoms with Gasteiger partial charge in [-0.3, -0.25) is 9.10 Å². The average molecular weight is 390 g/mol. The van der Waals surface area contributed by atoms with E-state index in [1.807, 2.05) is 0 Å². The van der Waals surface area contributed by atoms with Crippen molar-refractivity contribution in [3.63, 3.8) is 0 Å². The summed E-state index contributed by atoms with van der Waals surface area (Å²) >= 11 is 0. The fraction of sp³-hybridized carbons (Fsp3) is 0.350. The Kier molecular flexibility index (Phi) is 5.51. The molecule has 0 saturated carbocycles. The zero-order chi connectivity index (χ0) is 19.6. The zero-order valence-electron chi connectivity index (χ0n) is 15.4. The highest BCUT2D eigenvalue weighted by atomic mass is 32.2. The van der Waals surface area contributed by atoms with Crippen LogP contribution >= 0.6 is 0 Å². The molecule has 1 aliphatic rings. The Morgan fingerprint density at radius 2 is 1.89 bits per heavy atom. The highest BCUT2D eigenvalue weighted by Gasteiger charge is 2.25. The van der Waals surface area contributed by atoms with Crippen LogP contribution in [0.5, 0.6) is 0 Å². The number of amides is 1. The molecule has 2 aromatic carbocycles. The molecule has 7 heteroatoms. The Balaban J connectivity index is 1.87. The minimum absolute atomic E-state index is 0.0326. The van der Waals surface area contributed by atoms with Gasteiger partial charge in [0.2, 0.25) is 0 Å². The Labute approximate surface area is 159 Å². The summed E-state index contributed by atoms with van der Waals surface area (Å²) in [5.41, 5.74) is 0.704. The number of likely N-dealkylation sites (tertiary alicyclic amines) is 1. The van der Waals surface area contributed by atoms with Gasteiger partial charge >= 0.3 is 0 Å². The largest absolute Gasteiger partial charge is 0.338 e. The van der Waals surface area contributed by atoms with Crippen molar-refractivity contribution in [3.8, 4) is 0 Å². The quantitative estimate of drug-likeness (QED) is 0.803. The number of anilines is 1. The highest BCUT2D eigenvalue weighted by molar-refractivity contribution is 7.92. The third-order valence-electron chi connectivity index (χ3n) is 4.87. The van der Waals surface area contributed by atoms with E-state index >= 15 is 0 Å². The standard InChI is InChI=1S/C20H23FN2O3S/c1-15-5-4-12-23(14-15)20(24)16-6-3-7-19(13-16)27(25,26)22(2)18-10-8-17(21)9-11-18/h3,6-11,13,15H,4-5,12,14H2,1-2H3/t15-/m0/s1. The molecule has 0 radical (unpaired) electrons. The molecule has 1 saturated heterocycles. The number of benzene rings is 2. The number of halogens is 1. The normalized spacial score (nSPS) is 17.6. The van der Waals surface area contributed by atoms with E-state index in [1.54, 1.807) is 17.0 Å². The first-order valence-electron chi connectivity index (χ1n) is 8.93. The molecule has 0 aliphatic carbocycles. The second-order valence-electron chi connectivity index (χ2n) is 6.98. The van der Waals surface area contributed by atoms with E-state index in [2.05, 4.69) is 6.92 Å². The summed E-state index contributed by atoms with van der Waals surface area (Å²) in [7, 11) is -2.46. The predicted molar refractivity (Wildman–Crippen MR) is 103 cm³/mol. The van der Waals surface area contributed by atoms with Crippen LogP contribution < -0.4 is 4.31 Å². The van der Waals surface area contributed by atoms with Crippen LogP contribution in [-0.4, -0.2) is 39.4 Å². The molecular weight excluding hydrogens is 367 g/mol. The maximum absolute atomic E-state index is 13.1. The number of piperidine rings is 1. The third-order valence-corrected chi connectivity index (χ3v) is 6.66. The average Bonchev–Trinajstić information content (AvgIpc) is 2.67. The molecule has 0 aromatic heterocycles. The summed E-state index contributed by atoms with van der Waals surface area (Å²) in [6, 6.07) is 11.3. The minimum Gasteiger partial charge on any atom is -0.338 e. The number of carbonyl (C=O) groups is 1. The molecule has 144 valence electrons. The van der Waals surface area contributed by atoms with Gasteiger partial charge in [-0.05, 0) is 61.2 Å². The molecule has 3 rings (SSSR count). The highest BCUT2D eigenvalue weighted by Crippen LogP contribution is 2.24. The van der Waals surface area contributed by atoms with Crippen molar-refractivity contribution in [1.82, 2.24) is 4.90 Å². The van der Waals surface area contributed by atoms with E-state index in [4.69, 9.17) is 0 Å². The van der Waals surface area contributed by atoms with Crippen LogP contribution in [0.3, 0.4) is 0 Å². The van der Waals surface area contributed by atoms with Crippen LogP contribution in [0.2, 0.25) is 0 Å². The van der Waals surface area contributed by atoms with E-state index in [1.165, 1.54) is 43.4 Å². The van der Waals surface area contributed by atoms with Crippen LogP contribution in [0.25, 0.3) is 0 Å². The van der Waals surface area contributed by atoms with Gasteiger partial charge in [0.05, 0.1) is 10.6 Å². The van der Waals surface area contributed by atoms with Crippen LogP contribution in [-0.2, 0) is 10.0 Å². The van der Waals surface area contributed by atoms with Gasteiger partial charge in [-0.2, -0.15) is 0 Å². The van der Waals surface area contributed by atoms with E-state index in [0.29, 0.717) is 30.3 Å². The molecule has 1 fully saturated rings. The molecule has 1 heterocycles. The van der Waals surface area contributed by atoms with E-state index in [9.17, 15) is 17.6 Å². The van der Waals surface area contributed by atoms with Crippen molar-refractivity contribution in [2.75, 3.05) is 24.4 Å². The van der Waals surface area contributed by atoms with Gasteiger partial charge in [0.15, 0.2) is 0 Å². The summed E-state index contributed by atoms with van der Waals surface area (Å²) < 4.78 is 40.0. The first-order chi connectivity index (χ1) is 12.8. The Hall–Kier alpha value is -2.41. The molecule has 5 nitrogen and oxygen atoms in total. The van der Waals surface area contributed by atoms with Gasteiger partial charge in [-0.25, -0.2) is 12.8 Å². The SMILES string of the molecule is C[C@H]1CCCN(C(=O)c2cccc(S(=O)(=O)N(C)c3ccc(F)cc3)c2)C1. The molecule has 0 N–H and O–H groups in total. The Bertz CT molecular complexity index is 928. The second-order valence-corrected chi connectivity index (χ2v) is 8.94. The summed E-state index contributed by atoms with van der Waals surface area (Å²) in [6.45, 7) is 3.49. The van der Waals surface area contributed by atoms with Crippen LogP contribution in [0.4, 0.5) is 10.1 Å². The molecule has 0 spiro atoms. The number of hydrogen-bond donors (Lipinski definition) is 0. The van der Waals surface area contributed by atoms with Gasteiger partial charge < -0.3 is 4.90 Å². The van der Waals surface area contributed by atoms with Crippen molar-refractivity contribution in [2.24, 2.45) is 5.92 Å². The molecular formula is C20H23FN2O3S. The van der Waals surface area contributed by atoms with Crippen molar-refractivity contribution >= 4 is 21.6 Å². The van der Waals surface area contributed by atoms with Gasteiger partial charge in [-0.1, -0.05) is 13.0 Å². The predicted octanol–water partition coefficient (Wildman–Crippen LogP) is 3.52. The molecule has 1 atom stereocenters. The monoisotopic (exact) mass is 390 g/mol. The van der Waals surface area contributed by atoms with Crippen molar-refractivity contribution < 1.29 is 17.6 Å². The number of hydrogen-bond acceptors (Lipinski definition) is 3. The van der Waals surface area contributed by atoms with Crippen molar-refractivity contribution in [2.45, 2.75) is 24.7 Å². The Morgan fingerprint density at radius 1 is 1.19 bits per heavy atom. The molecule has 0 unspecified atom stereocenters. The minimum atomic E-state index is -3.86. The molecule has 1 aliphatic heterocycles. The summed E-state index contributed by atoms with van der Waals surface area (Å²) in [5.74, 6) is -0.143. The zero-order valence-corrected chi connectivity index (χ0v) is 16.2. The van der Waals surface area contributed by atoms with Gasteiger partial charge in [0, 0.05) is 25.7 Å². The van der Waals surface area contributed by atoms with E-state index in [-0.39, 0.29) is 10.8 Å². The fourth-order valence-electron chi connectivity index (χ4n) is 3.29.